The third-order valence-electron chi connectivity index (χ3n) is 8.96. The van der Waals surface area contributed by atoms with Crippen LogP contribution in [0.1, 0.15) is 50.3 Å². The molecule has 39 heavy (non-hydrogen) atoms. The molecule has 3 aromatic rings. The molecule has 0 saturated carbocycles. The van der Waals surface area contributed by atoms with E-state index in [0.717, 1.165) is 66.3 Å². The summed E-state index contributed by atoms with van der Waals surface area (Å²) in [6, 6.07) is 14.7. The van der Waals surface area contributed by atoms with E-state index in [1.54, 1.807) is 14.2 Å². The molecule has 3 aliphatic rings. The van der Waals surface area contributed by atoms with E-state index in [4.69, 9.17) is 9.47 Å². The van der Waals surface area contributed by atoms with Gasteiger partial charge in [-0.25, -0.2) is 4.79 Å². The Hall–Kier alpha value is -3.58. The Morgan fingerprint density at radius 2 is 1.82 bits per heavy atom. The first-order valence-electron chi connectivity index (χ1n) is 13.9. The second-order valence-corrected chi connectivity index (χ2v) is 11.5. The molecule has 2 aromatic carbocycles. The number of carbonyl (C=O) groups is 1. The lowest BCUT2D eigenvalue weighted by atomic mass is 9.77. The third-order valence-corrected chi connectivity index (χ3v) is 8.96. The smallest absolute Gasteiger partial charge is 0.325 e. The second-order valence-electron chi connectivity index (χ2n) is 11.5. The molecule has 2 saturated heterocycles. The van der Waals surface area contributed by atoms with E-state index in [1.165, 1.54) is 10.9 Å². The number of urea groups is 1. The summed E-state index contributed by atoms with van der Waals surface area (Å²) in [6.07, 6.45) is 6.01. The molecule has 204 valence electrons. The van der Waals surface area contributed by atoms with E-state index in [0.29, 0.717) is 13.1 Å². The van der Waals surface area contributed by atoms with E-state index in [2.05, 4.69) is 72.0 Å². The van der Waals surface area contributed by atoms with Gasteiger partial charge in [0.15, 0.2) is 0 Å². The molecule has 3 aliphatic heterocycles. The number of ether oxygens (including phenoxy) is 2. The minimum atomic E-state index is -0.318. The summed E-state index contributed by atoms with van der Waals surface area (Å²) in [7, 11) is 3.38. The second kappa shape index (κ2) is 9.56. The molecule has 4 heterocycles. The molecule has 6 rings (SSSR count). The topological polar surface area (TPSA) is 58.1 Å². The standard InChI is InChI=1S/C32H38N4O3/c1-6-36-30(37)35-21-23-17-24(38-4)18-27(39-5)29(23)31(2,3)19-28(35)32(36)12-15-34(16-13-32)20-22-9-7-11-26-25(22)10-8-14-33-26/h7-11,14,17-19H,6,12-13,15-16,20-21H2,1-5H3. The van der Waals surface area contributed by atoms with Crippen LogP contribution in [0.25, 0.3) is 10.9 Å². The number of nitrogens with zero attached hydrogens (tertiary/aromatic N) is 4. The minimum Gasteiger partial charge on any atom is -0.497 e. The zero-order valence-corrected chi connectivity index (χ0v) is 23.7. The molecule has 0 aliphatic carbocycles. The van der Waals surface area contributed by atoms with Crippen molar-refractivity contribution in [2.24, 2.45) is 0 Å². The van der Waals surface area contributed by atoms with Crippen LogP contribution in [0.15, 0.2) is 60.4 Å². The summed E-state index contributed by atoms with van der Waals surface area (Å²) in [5, 5.41) is 1.22. The number of benzene rings is 2. The highest BCUT2D eigenvalue weighted by Crippen LogP contribution is 2.50. The number of carbonyl (C=O) groups excluding carboxylic acids is 1. The molecular weight excluding hydrogens is 488 g/mol. The zero-order valence-electron chi connectivity index (χ0n) is 23.7. The van der Waals surface area contributed by atoms with Crippen LogP contribution in [-0.4, -0.2) is 65.1 Å². The Labute approximate surface area is 231 Å². The van der Waals surface area contributed by atoms with Crippen molar-refractivity contribution in [2.45, 2.75) is 57.7 Å². The van der Waals surface area contributed by atoms with Gasteiger partial charge in [-0.2, -0.15) is 0 Å². The van der Waals surface area contributed by atoms with Crippen LogP contribution in [0.3, 0.4) is 0 Å². The molecule has 7 heteroatoms. The summed E-state index contributed by atoms with van der Waals surface area (Å²) < 4.78 is 11.4. The maximum absolute atomic E-state index is 14.0. The number of aromatic nitrogens is 1. The summed E-state index contributed by atoms with van der Waals surface area (Å²) in [5.74, 6) is 1.55. The van der Waals surface area contributed by atoms with Crippen LogP contribution >= 0.6 is 0 Å². The van der Waals surface area contributed by atoms with Gasteiger partial charge in [0.25, 0.3) is 0 Å². The van der Waals surface area contributed by atoms with Crippen molar-refractivity contribution in [1.29, 1.82) is 0 Å². The maximum atomic E-state index is 14.0. The van der Waals surface area contributed by atoms with E-state index in [1.807, 2.05) is 23.2 Å². The van der Waals surface area contributed by atoms with E-state index < -0.39 is 0 Å². The molecule has 2 amide bonds. The fourth-order valence-electron chi connectivity index (χ4n) is 7.14. The van der Waals surface area contributed by atoms with Crippen LogP contribution in [0.4, 0.5) is 4.79 Å². The summed E-state index contributed by atoms with van der Waals surface area (Å²) in [5.41, 5.74) is 5.06. The van der Waals surface area contributed by atoms with Crippen LogP contribution in [0, 0.1) is 0 Å². The Bertz CT molecular complexity index is 1450. The van der Waals surface area contributed by atoms with Crippen molar-refractivity contribution in [3.63, 3.8) is 0 Å². The average molecular weight is 527 g/mol. The van der Waals surface area contributed by atoms with Gasteiger partial charge >= 0.3 is 6.03 Å². The fraction of sp³-hybridized carbons (Fsp3) is 0.438. The van der Waals surface area contributed by atoms with Crippen LogP contribution in [0.5, 0.6) is 11.5 Å². The van der Waals surface area contributed by atoms with E-state index in [9.17, 15) is 4.79 Å². The monoisotopic (exact) mass is 526 g/mol. The molecular formula is C32H38N4O3. The van der Waals surface area contributed by atoms with Crippen molar-refractivity contribution in [3.05, 3.63) is 77.1 Å². The summed E-state index contributed by atoms with van der Waals surface area (Å²) in [4.78, 5) is 25.2. The third kappa shape index (κ3) is 4.06. The van der Waals surface area contributed by atoms with Gasteiger partial charge < -0.3 is 14.4 Å². The number of methoxy groups -OCH3 is 2. The molecule has 0 unspecified atom stereocenters. The predicted molar refractivity (Wildman–Crippen MR) is 153 cm³/mol. The summed E-state index contributed by atoms with van der Waals surface area (Å²) in [6.45, 7) is 10.5. The highest BCUT2D eigenvalue weighted by Gasteiger charge is 2.55. The van der Waals surface area contributed by atoms with Crippen molar-refractivity contribution >= 4 is 16.9 Å². The Balaban J connectivity index is 1.34. The number of piperidine rings is 1. The van der Waals surface area contributed by atoms with Crippen molar-refractivity contribution < 1.29 is 14.3 Å². The van der Waals surface area contributed by atoms with Gasteiger partial charge in [-0.3, -0.25) is 14.8 Å². The molecule has 1 spiro atoms. The van der Waals surface area contributed by atoms with Crippen LogP contribution in [0.2, 0.25) is 0 Å². The van der Waals surface area contributed by atoms with Gasteiger partial charge in [-0.1, -0.05) is 38.1 Å². The van der Waals surface area contributed by atoms with Gasteiger partial charge in [0.05, 0.1) is 31.8 Å². The van der Waals surface area contributed by atoms with Crippen LogP contribution in [-0.2, 0) is 18.5 Å². The normalized spacial score (nSPS) is 20.0. The molecule has 0 N–H and O–H groups in total. The number of hydrogen-bond acceptors (Lipinski definition) is 5. The fourth-order valence-corrected chi connectivity index (χ4v) is 7.14. The quantitative estimate of drug-likeness (QED) is 0.426. The number of amides is 2. The first kappa shape index (κ1) is 25.7. The van der Waals surface area contributed by atoms with Gasteiger partial charge in [-0.05, 0) is 49.1 Å². The molecule has 0 atom stereocenters. The Morgan fingerprint density at radius 3 is 2.54 bits per heavy atom. The number of likely N-dealkylation sites (tertiary alicyclic amines) is 1. The number of likely N-dealkylation sites (N-methyl/N-ethyl adjacent to an activating group) is 1. The average Bonchev–Trinajstić information content (AvgIpc) is 3.05. The lowest BCUT2D eigenvalue weighted by Gasteiger charge is -2.44. The van der Waals surface area contributed by atoms with Gasteiger partial charge in [-0.15, -0.1) is 0 Å². The van der Waals surface area contributed by atoms with Crippen molar-refractivity contribution in [2.75, 3.05) is 33.9 Å². The predicted octanol–water partition coefficient (Wildman–Crippen LogP) is 5.72. The number of allylic oxidation sites excluding steroid dienone is 1. The van der Waals surface area contributed by atoms with E-state index >= 15 is 0 Å². The Morgan fingerprint density at radius 1 is 1.03 bits per heavy atom. The Kier molecular flexibility index (Phi) is 6.29. The molecule has 2 fully saturated rings. The van der Waals surface area contributed by atoms with Gasteiger partial charge in [0.1, 0.15) is 11.5 Å². The highest BCUT2D eigenvalue weighted by molar-refractivity contribution is 5.83. The lowest BCUT2D eigenvalue weighted by molar-refractivity contribution is 0.0888. The highest BCUT2D eigenvalue weighted by atomic mass is 16.5. The molecule has 0 radical (unpaired) electrons. The zero-order chi connectivity index (χ0) is 27.4. The van der Waals surface area contributed by atoms with Crippen molar-refractivity contribution in [3.8, 4) is 11.5 Å². The number of hydrogen-bond donors (Lipinski definition) is 0. The molecule has 7 nitrogen and oxygen atoms in total. The lowest BCUT2D eigenvalue weighted by Crippen LogP contribution is -2.53. The maximum Gasteiger partial charge on any atom is 0.325 e. The molecule has 1 aromatic heterocycles. The SMILES string of the molecule is CCN1C(=O)N2Cc3cc(OC)cc(OC)c3C(C)(C)C=C2C12CCN(Cc1cccc3ncccc13)CC2. The number of rotatable bonds is 5. The first-order chi connectivity index (χ1) is 18.8. The molecule has 0 bridgehead atoms. The van der Waals surface area contributed by atoms with Crippen molar-refractivity contribution in [1.82, 2.24) is 19.7 Å². The minimum absolute atomic E-state index is 0.0998. The van der Waals surface area contributed by atoms with E-state index in [-0.39, 0.29) is 17.0 Å². The van der Waals surface area contributed by atoms with Crippen LogP contribution < -0.4 is 9.47 Å². The van der Waals surface area contributed by atoms with Gasteiger partial charge in [0.2, 0.25) is 0 Å². The van der Waals surface area contributed by atoms with Gasteiger partial charge in [0, 0.05) is 60.5 Å². The summed E-state index contributed by atoms with van der Waals surface area (Å²) >= 11 is 0. The number of fused-ring (bicyclic) bond motifs is 4. The number of pyridine rings is 1. The largest absolute Gasteiger partial charge is 0.497 e. The first-order valence-corrected chi connectivity index (χ1v) is 13.9.